The quantitative estimate of drug-likeness (QED) is 0.639. The van der Waals surface area contributed by atoms with Gasteiger partial charge in [-0.25, -0.2) is 0 Å². The molecule has 20 heavy (non-hydrogen) atoms. The maximum Gasteiger partial charge on any atom is 0.175 e. The zero-order valence-corrected chi connectivity index (χ0v) is 14.3. The summed E-state index contributed by atoms with van der Waals surface area (Å²) in [6.07, 6.45) is 5.12. The molecule has 1 atom stereocenters. The van der Waals surface area contributed by atoms with Crippen molar-refractivity contribution >= 4 is 15.9 Å². The first kappa shape index (κ1) is 17.3. The van der Waals surface area contributed by atoms with Gasteiger partial charge in [0.1, 0.15) is 6.61 Å². The third kappa shape index (κ3) is 6.14. The van der Waals surface area contributed by atoms with Crippen LogP contribution >= 0.6 is 15.9 Å². The van der Waals surface area contributed by atoms with Crippen LogP contribution in [-0.4, -0.2) is 26.3 Å². The summed E-state index contributed by atoms with van der Waals surface area (Å²) in [5.41, 5.74) is 0. The number of hydrogen-bond acceptors (Lipinski definition) is 3. The largest absolute Gasteiger partial charge is 0.493 e. The van der Waals surface area contributed by atoms with Crippen LogP contribution in [0.3, 0.4) is 0 Å². The molecule has 4 heteroatoms. The van der Waals surface area contributed by atoms with E-state index in [2.05, 4.69) is 35.1 Å². The van der Waals surface area contributed by atoms with E-state index < -0.39 is 0 Å². The number of hydrogen-bond donors (Lipinski definition) is 1. The summed E-state index contributed by atoms with van der Waals surface area (Å²) in [7, 11) is 1.66. The Morgan fingerprint density at radius 3 is 2.80 bits per heavy atom. The van der Waals surface area contributed by atoms with Crippen LogP contribution in [0.2, 0.25) is 0 Å². The summed E-state index contributed by atoms with van der Waals surface area (Å²) in [5, 5.41) is 3.49. The zero-order valence-electron chi connectivity index (χ0n) is 12.7. The number of unbranched alkanes of at least 4 members (excludes halogenated alkanes) is 2. The Kier molecular flexibility index (Phi) is 8.70. The molecule has 1 rings (SSSR count). The monoisotopic (exact) mass is 343 g/mol. The Morgan fingerprint density at radius 1 is 1.30 bits per heavy atom. The summed E-state index contributed by atoms with van der Waals surface area (Å²) >= 11 is 3.49. The van der Waals surface area contributed by atoms with E-state index in [0.29, 0.717) is 12.6 Å². The van der Waals surface area contributed by atoms with Gasteiger partial charge < -0.3 is 14.8 Å². The average Bonchev–Trinajstić information content (AvgIpc) is 2.45. The Morgan fingerprint density at radius 2 is 2.10 bits per heavy atom. The maximum atomic E-state index is 5.80. The summed E-state index contributed by atoms with van der Waals surface area (Å²) in [6, 6.07) is 6.34. The van der Waals surface area contributed by atoms with Crippen LogP contribution in [0.15, 0.2) is 22.7 Å². The highest BCUT2D eigenvalue weighted by Crippen LogP contribution is 2.34. The van der Waals surface area contributed by atoms with Gasteiger partial charge in [0.15, 0.2) is 11.5 Å². The molecule has 0 aromatic heterocycles. The van der Waals surface area contributed by atoms with E-state index in [1.54, 1.807) is 7.11 Å². The van der Waals surface area contributed by atoms with Crippen LogP contribution in [0, 0.1) is 0 Å². The van der Waals surface area contributed by atoms with Crippen LogP contribution in [-0.2, 0) is 0 Å². The number of ether oxygens (including phenoxy) is 2. The first-order chi connectivity index (χ1) is 9.69. The molecule has 3 nitrogen and oxygen atoms in total. The van der Waals surface area contributed by atoms with Crippen molar-refractivity contribution < 1.29 is 9.47 Å². The SMILES string of the molecule is CCCCCC(C)NCCOc1c(Br)cccc1OC. The molecule has 1 aromatic rings. The molecule has 1 unspecified atom stereocenters. The number of halogens is 1. The van der Waals surface area contributed by atoms with Gasteiger partial charge in [0.2, 0.25) is 0 Å². The van der Waals surface area contributed by atoms with Crippen molar-refractivity contribution in [3.8, 4) is 11.5 Å². The first-order valence-electron chi connectivity index (χ1n) is 7.37. The van der Waals surface area contributed by atoms with E-state index in [4.69, 9.17) is 9.47 Å². The molecule has 1 N–H and O–H groups in total. The number of para-hydroxylation sites is 1. The van der Waals surface area contributed by atoms with Crippen molar-refractivity contribution in [1.82, 2.24) is 5.32 Å². The van der Waals surface area contributed by atoms with Gasteiger partial charge in [-0.2, -0.15) is 0 Å². The molecule has 0 saturated heterocycles. The number of methoxy groups -OCH3 is 1. The lowest BCUT2D eigenvalue weighted by molar-refractivity contribution is 0.284. The van der Waals surface area contributed by atoms with Crippen LogP contribution in [0.5, 0.6) is 11.5 Å². The second kappa shape index (κ2) is 10.1. The summed E-state index contributed by atoms with van der Waals surface area (Å²) < 4.78 is 12.0. The van der Waals surface area contributed by atoms with E-state index in [-0.39, 0.29) is 0 Å². The predicted octanol–water partition coefficient (Wildman–Crippen LogP) is 4.39. The fourth-order valence-electron chi connectivity index (χ4n) is 2.05. The van der Waals surface area contributed by atoms with Crippen molar-refractivity contribution in [2.24, 2.45) is 0 Å². The normalized spacial score (nSPS) is 12.2. The van der Waals surface area contributed by atoms with Gasteiger partial charge in [0, 0.05) is 12.6 Å². The van der Waals surface area contributed by atoms with Gasteiger partial charge in [-0.05, 0) is 41.4 Å². The van der Waals surface area contributed by atoms with Crippen LogP contribution in [0.4, 0.5) is 0 Å². The minimum Gasteiger partial charge on any atom is -0.493 e. The molecule has 0 saturated carbocycles. The smallest absolute Gasteiger partial charge is 0.175 e. The molecule has 1 aromatic carbocycles. The number of rotatable bonds is 10. The molecule has 0 fully saturated rings. The van der Waals surface area contributed by atoms with Crippen molar-refractivity contribution in [2.45, 2.75) is 45.6 Å². The molecule has 0 bridgehead atoms. The second-order valence-electron chi connectivity index (χ2n) is 4.97. The van der Waals surface area contributed by atoms with Crippen LogP contribution in [0.1, 0.15) is 39.5 Å². The van der Waals surface area contributed by atoms with Gasteiger partial charge >= 0.3 is 0 Å². The van der Waals surface area contributed by atoms with E-state index in [0.717, 1.165) is 22.5 Å². The van der Waals surface area contributed by atoms with Gasteiger partial charge in [-0.3, -0.25) is 0 Å². The third-order valence-corrected chi connectivity index (χ3v) is 3.86. The highest BCUT2D eigenvalue weighted by Gasteiger charge is 2.08. The Labute approximate surface area is 131 Å². The summed E-state index contributed by atoms with van der Waals surface area (Å²) in [4.78, 5) is 0. The lowest BCUT2D eigenvalue weighted by atomic mass is 10.1. The number of nitrogens with one attached hydrogen (secondary N) is 1. The minimum absolute atomic E-state index is 0.547. The van der Waals surface area contributed by atoms with E-state index in [9.17, 15) is 0 Å². The van der Waals surface area contributed by atoms with Crippen molar-refractivity contribution in [3.05, 3.63) is 22.7 Å². The molecular formula is C16H26BrNO2. The van der Waals surface area contributed by atoms with Gasteiger partial charge in [0.25, 0.3) is 0 Å². The molecule has 0 amide bonds. The van der Waals surface area contributed by atoms with E-state index in [1.807, 2.05) is 18.2 Å². The van der Waals surface area contributed by atoms with Gasteiger partial charge in [-0.15, -0.1) is 0 Å². The highest BCUT2D eigenvalue weighted by molar-refractivity contribution is 9.10. The van der Waals surface area contributed by atoms with Gasteiger partial charge in [0.05, 0.1) is 11.6 Å². The highest BCUT2D eigenvalue weighted by atomic mass is 79.9. The minimum atomic E-state index is 0.547. The molecular weight excluding hydrogens is 318 g/mol. The maximum absolute atomic E-state index is 5.80. The number of benzene rings is 1. The average molecular weight is 344 g/mol. The molecule has 0 aliphatic rings. The van der Waals surface area contributed by atoms with Crippen molar-refractivity contribution in [1.29, 1.82) is 0 Å². The topological polar surface area (TPSA) is 30.5 Å². The molecule has 0 spiro atoms. The Bertz CT molecular complexity index is 385. The third-order valence-electron chi connectivity index (χ3n) is 3.23. The van der Waals surface area contributed by atoms with Crippen molar-refractivity contribution in [3.63, 3.8) is 0 Å². The fraction of sp³-hybridized carbons (Fsp3) is 0.625. The zero-order chi connectivity index (χ0) is 14.8. The van der Waals surface area contributed by atoms with Gasteiger partial charge in [-0.1, -0.05) is 32.3 Å². The molecule has 0 aliphatic heterocycles. The van der Waals surface area contributed by atoms with E-state index >= 15 is 0 Å². The standard InChI is InChI=1S/C16H26BrNO2/c1-4-5-6-8-13(2)18-11-12-20-16-14(17)9-7-10-15(16)19-3/h7,9-10,13,18H,4-6,8,11-12H2,1-3H3. The lowest BCUT2D eigenvalue weighted by Gasteiger charge is -2.15. The summed E-state index contributed by atoms with van der Waals surface area (Å²) in [6.45, 7) is 5.95. The lowest BCUT2D eigenvalue weighted by Crippen LogP contribution is -2.30. The van der Waals surface area contributed by atoms with E-state index in [1.165, 1.54) is 25.7 Å². The van der Waals surface area contributed by atoms with Crippen LogP contribution < -0.4 is 14.8 Å². The molecule has 0 aliphatic carbocycles. The summed E-state index contributed by atoms with van der Waals surface area (Å²) in [5.74, 6) is 1.53. The molecule has 0 heterocycles. The fourth-order valence-corrected chi connectivity index (χ4v) is 2.51. The van der Waals surface area contributed by atoms with Crippen LogP contribution in [0.25, 0.3) is 0 Å². The van der Waals surface area contributed by atoms with Crippen molar-refractivity contribution in [2.75, 3.05) is 20.3 Å². The second-order valence-corrected chi connectivity index (χ2v) is 5.82. The Balaban J connectivity index is 2.27. The first-order valence-corrected chi connectivity index (χ1v) is 8.17. The molecule has 0 radical (unpaired) electrons. The predicted molar refractivity (Wildman–Crippen MR) is 87.8 cm³/mol. The Hall–Kier alpha value is -0.740. The molecule has 114 valence electrons.